The molecule has 3 aromatic carbocycles. The van der Waals surface area contributed by atoms with Gasteiger partial charge in [0.1, 0.15) is 5.52 Å². The first-order valence-corrected chi connectivity index (χ1v) is 9.58. The highest BCUT2D eigenvalue weighted by Gasteiger charge is 2.23. The molecule has 0 aliphatic heterocycles. The largest absolute Gasteiger partial charge is 0.279 e. The summed E-state index contributed by atoms with van der Waals surface area (Å²) in [4.78, 5) is 19.1. The highest BCUT2D eigenvalue weighted by atomic mass is 35.5. The van der Waals surface area contributed by atoms with E-state index in [0.717, 1.165) is 22.4 Å². The lowest BCUT2D eigenvalue weighted by molar-refractivity contribution is 0.0984. The first-order valence-electron chi connectivity index (χ1n) is 8.39. The summed E-state index contributed by atoms with van der Waals surface area (Å²) in [6.45, 7) is 0.232. The Balaban J connectivity index is 1.79. The molecule has 0 N–H and O–H groups in total. The standard InChI is InChI=1S/C21H13ClF2N2OS/c22-15-7-4-8-18-19(15)25-21(28-18)26(12-13-5-2-1-3-6-13)20(27)14-9-10-16(23)17(24)11-14/h1-11H,12H2. The van der Waals surface area contributed by atoms with Crippen molar-refractivity contribution in [3.63, 3.8) is 0 Å². The number of amides is 1. The van der Waals surface area contributed by atoms with Gasteiger partial charge in [-0.15, -0.1) is 0 Å². The molecule has 0 saturated carbocycles. The fourth-order valence-electron chi connectivity index (χ4n) is 2.80. The van der Waals surface area contributed by atoms with Crippen LogP contribution in [-0.2, 0) is 6.54 Å². The number of rotatable bonds is 4. The zero-order valence-electron chi connectivity index (χ0n) is 14.4. The molecule has 0 atom stereocenters. The van der Waals surface area contributed by atoms with Crippen LogP contribution < -0.4 is 4.90 Å². The smallest absolute Gasteiger partial charge is 0.260 e. The first-order chi connectivity index (χ1) is 13.5. The van der Waals surface area contributed by atoms with Crippen LogP contribution in [0, 0.1) is 11.6 Å². The van der Waals surface area contributed by atoms with E-state index in [1.54, 1.807) is 6.07 Å². The molecule has 4 rings (SSSR count). The van der Waals surface area contributed by atoms with E-state index in [4.69, 9.17) is 11.6 Å². The van der Waals surface area contributed by atoms with E-state index in [-0.39, 0.29) is 12.1 Å². The van der Waals surface area contributed by atoms with E-state index in [0.29, 0.717) is 15.7 Å². The average Bonchev–Trinajstić information content (AvgIpc) is 3.14. The Morgan fingerprint density at radius 2 is 1.79 bits per heavy atom. The van der Waals surface area contributed by atoms with Crippen molar-refractivity contribution in [2.75, 3.05) is 4.90 Å². The maximum absolute atomic E-state index is 13.7. The molecule has 0 spiro atoms. The van der Waals surface area contributed by atoms with Crippen molar-refractivity contribution < 1.29 is 13.6 Å². The molecular formula is C21H13ClF2N2OS. The monoisotopic (exact) mass is 414 g/mol. The molecule has 0 fully saturated rings. The number of hydrogen-bond acceptors (Lipinski definition) is 3. The van der Waals surface area contributed by atoms with Crippen molar-refractivity contribution in [3.05, 3.63) is 94.5 Å². The maximum Gasteiger partial charge on any atom is 0.260 e. The van der Waals surface area contributed by atoms with Gasteiger partial charge in [0.15, 0.2) is 16.8 Å². The van der Waals surface area contributed by atoms with Gasteiger partial charge in [-0.2, -0.15) is 0 Å². The van der Waals surface area contributed by atoms with Gasteiger partial charge in [-0.25, -0.2) is 13.8 Å². The number of aromatic nitrogens is 1. The molecule has 1 amide bonds. The SMILES string of the molecule is O=C(c1ccc(F)c(F)c1)N(Cc1ccccc1)c1nc2c(Cl)cccc2s1. The summed E-state index contributed by atoms with van der Waals surface area (Å²) in [6.07, 6.45) is 0. The molecule has 0 radical (unpaired) electrons. The number of benzene rings is 3. The molecule has 4 aromatic rings. The van der Waals surface area contributed by atoms with Crippen LogP contribution in [0.4, 0.5) is 13.9 Å². The number of hydrogen-bond donors (Lipinski definition) is 0. The van der Waals surface area contributed by atoms with E-state index in [1.807, 2.05) is 42.5 Å². The van der Waals surface area contributed by atoms with Gasteiger partial charge in [0.2, 0.25) is 0 Å². The van der Waals surface area contributed by atoms with E-state index < -0.39 is 17.5 Å². The van der Waals surface area contributed by atoms with Crippen LogP contribution in [0.15, 0.2) is 66.7 Å². The van der Waals surface area contributed by atoms with Crippen LogP contribution in [0.25, 0.3) is 10.2 Å². The molecule has 0 aliphatic carbocycles. The van der Waals surface area contributed by atoms with Crippen LogP contribution >= 0.6 is 22.9 Å². The van der Waals surface area contributed by atoms with Crippen LogP contribution in [0.5, 0.6) is 0 Å². The Hall–Kier alpha value is -2.83. The minimum atomic E-state index is -1.07. The van der Waals surface area contributed by atoms with Crippen molar-refractivity contribution in [3.8, 4) is 0 Å². The number of nitrogens with zero attached hydrogens (tertiary/aromatic N) is 2. The number of fused-ring (bicyclic) bond motifs is 1. The van der Waals surface area contributed by atoms with E-state index in [9.17, 15) is 13.6 Å². The van der Waals surface area contributed by atoms with Crippen LogP contribution in [0.1, 0.15) is 15.9 Å². The Kier molecular flexibility index (Phi) is 5.07. The van der Waals surface area contributed by atoms with Gasteiger partial charge in [-0.1, -0.05) is 59.3 Å². The van der Waals surface area contributed by atoms with Crippen molar-refractivity contribution in [2.45, 2.75) is 6.54 Å². The molecule has 28 heavy (non-hydrogen) atoms. The van der Waals surface area contributed by atoms with Gasteiger partial charge in [0.05, 0.1) is 16.3 Å². The highest BCUT2D eigenvalue weighted by Crippen LogP contribution is 2.34. The van der Waals surface area contributed by atoms with Crippen LogP contribution in [-0.4, -0.2) is 10.9 Å². The Morgan fingerprint density at radius 3 is 2.50 bits per heavy atom. The number of carbonyl (C=O) groups is 1. The average molecular weight is 415 g/mol. The highest BCUT2D eigenvalue weighted by molar-refractivity contribution is 7.22. The third kappa shape index (κ3) is 3.61. The molecule has 0 bridgehead atoms. The Bertz CT molecular complexity index is 1160. The molecule has 7 heteroatoms. The summed E-state index contributed by atoms with van der Waals surface area (Å²) in [7, 11) is 0. The van der Waals surface area contributed by atoms with E-state index >= 15 is 0 Å². The lowest BCUT2D eigenvalue weighted by Gasteiger charge is -2.20. The molecule has 3 nitrogen and oxygen atoms in total. The lowest BCUT2D eigenvalue weighted by Crippen LogP contribution is -2.30. The summed E-state index contributed by atoms with van der Waals surface area (Å²) in [5, 5.41) is 0.918. The number of halogens is 3. The Morgan fingerprint density at radius 1 is 1.00 bits per heavy atom. The predicted octanol–water partition coefficient (Wildman–Crippen LogP) is 6.07. The number of thiazole rings is 1. The second kappa shape index (κ2) is 7.66. The maximum atomic E-state index is 13.7. The van der Waals surface area contributed by atoms with E-state index in [1.165, 1.54) is 22.3 Å². The molecule has 140 valence electrons. The molecule has 0 saturated heterocycles. The van der Waals surface area contributed by atoms with Crippen molar-refractivity contribution in [1.82, 2.24) is 4.98 Å². The zero-order valence-corrected chi connectivity index (χ0v) is 16.0. The second-order valence-corrected chi connectivity index (χ2v) is 7.51. The number of para-hydroxylation sites is 1. The fraction of sp³-hybridized carbons (Fsp3) is 0.0476. The summed E-state index contributed by atoms with van der Waals surface area (Å²) in [5.41, 5.74) is 1.52. The minimum Gasteiger partial charge on any atom is -0.279 e. The third-order valence-corrected chi connectivity index (χ3v) is 5.53. The second-order valence-electron chi connectivity index (χ2n) is 6.09. The van der Waals surface area contributed by atoms with Crippen molar-refractivity contribution >= 4 is 44.2 Å². The first kappa shape index (κ1) is 18.5. The van der Waals surface area contributed by atoms with Gasteiger partial charge in [-0.3, -0.25) is 9.69 Å². The lowest BCUT2D eigenvalue weighted by atomic mass is 10.1. The van der Waals surface area contributed by atoms with Crippen LogP contribution in [0.3, 0.4) is 0 Å². The van der Waals surface area contributed by atoms with Gasteiger partial charge in [0.25, 0.3) is 5.91 Å². The van der Waals surface area contributed by atoms with Crippen molar-refractivity contribution in [2.24, 2.45) is 0 Å². The quantitative estimate of drug-likeness (QED) is 0.405. The van der Waals surface area contributed by atoms with Gasteiger partial charge in [-0.05, 0) is 35.9 Å². The van der Waals surface area contributed by atoms with E-state index in [2.05, 4.69) is 4.98 Å². The summed E-state index contributed by atoms with van der Waals surface area (Å²) in [6, 6.07) is 17.9. The van der Waals surface area contributed by atoms with Gasteiger partial charge < -0.3 is 0 Å². The summed E-state index contributed by atoms with van der Waals surface area (Å²) < 4.78 is 27.8. The molecule has 1 heterocycles. The predicted molar refractivity (Wildman–Crippen MR) is 108 cm³/mol. The van der Waals surface area contributed by atoms with Crippen molar-refractivity contribution in [1.29, 1.82) is 0 Å². The fourth-order valence-corrected chi connectivity index (χ4v) is 4.06. The Labute approximate surface area is 168 Å². The normalized spacial score (nSPS) is 11.0. The van der Waals surface area contributed by atoms with Gasteiger partial charge in [0, 0.05) is 5.56 Å². The molecule has 0 unspecified atom stereocenters. The molecule has 1 aromatic heterocycles. The summed E-state index contributed by atoms with van der Waals surface area (Å²) in [5.74, 6) is -2.55. The summed E-state index contributed by atoms with van der Waals surface area (Å²) >= 11 is 7.53. The van der Waals surface area contributed by atoms with Crippen LogP contribution in [0.2, 0.25) is 5.02 Å². The topological polar surface area (TPSA) is 33.2 Å². The molecule has 0 aliphatic rings. The van der Waals surface area contributed by atoms with Gasteiger partial charge >= 0.3 is 0 Å². The third-order valence-electron chi connectivity index (χ3n) is 4.18. The zero-order chi connectivity index (χ0) is 19.7. The number of carbonyl (C=O) groups excluding carboxylic acids is 1. The molecular weight excluding hydrogens is 402 g/mol. The number of anilines is 1. The minimum absolute atomic E-state index is 0.0418.